The van der Waals surface area contributed by atoms with Gasteiger partial charge in [0.2, 0.25) is 11.8 Å². The van der Waals surface area contributed by atoms with Gasteiger partial charge in [-0.2, -0.15) is 0 Å². The third-order valence-electron chi connectivity index (χ3n) is 4.12. The van der Waals surface area contributed by atoms with Gasteiger partial charge >= 0.3 is 0 Å². The lowest BCUT2D eigenvalue weighted by Crippen LogP contribution is -2.44. The van der Waals surface area contributed by atoms with Crippen LogP contribution in [0, 0.1) is 5.92 Å². The van der Waals surface area contributed by atoms with E-state index in [0.29, 0.717) is 32.5 Å². The fourth-order valence-corrected chi connectivity index (χ4v) is 2.54. The van der Waals surface area contributed by atoms with Crippen LogP contribution in [0.4, 0.5) is 0 Å². The maximum absolute atomic E-state index is 12.0. The van der Waals surface area contributed by atoms with Gasteiger partial charge in [-0.1, -0.05) is 12.8 Å². The number of nitrogens with one attached hydrogen (secondary N) is 2. The first-order valence-corrected chi connectivity index (χ1v) is 9.61. The maximum Gasteiger partial charge on any atom is 0.249 e. The maximum atomic E-state index is 12.0. The number of rotatable bonds is 17. The Hall–Kier alpha value is -1.91. The Morgan fingerprint density at radius 1 is 0.926 bits per heavy atom. The molecule has 10 heteroatoms. The summed E-state index contributed by atoms with van der Waals surface area (Å²) in [6.07, 6.45) is 3.70. The minimum Gasteiger partial charge on any atom is -0.382 e. The lowest BCUT2D eigenvalue weighted by Gasteiger charge is -2.19. The molecule has 0 rings (SSSR count). The van der Waals surface area contributed by atoms with Crippen LogP contribution in [0.15, 0.2) is 4.99 Å². The molecule has 0 bridgehead atoms. The second-order valence-electron chi connectivity index (χ2n) is 6.50. The SMILES string of the molecule is NCCCNCCCCNC(=O)C(O)C(CCCCCN=C(N)N)C(N)=O. The summed E-state index contributed by atoms with van der Waals surface area (Å²) in [5.74, 6) is -2.09. The highest BCUT2D eigenvalue weighted by atomic mass is 16.3. The number of aliphatic hydroxyl groups excluding tert-OH is 1. The van der Waals surface area contributed by atoms with Crippen LogP contribution in [-0.2, 0) is 9.59 Å². The first kappa shape index (κ1) is 25.1. The number of carbonyl (C=O) groups excluding carboxylic acids is 2. The van der Waals surface area contributed by atoms with Crippen molar-refractivity contribution in [2.45, 2.75) is 51.0 Å². The van der Waals surface area contributed by atoms with E-state index in [4.69, 9.17) is 22.9 Å². The van der Waals surface area contributed by atoms with Crippen molar-refractivity contribution in [2.75, 3.05) is 32.7 Å². The van der Waals surface area contributed by atoms with Crippen LogP contribution < -0.4 is 33.6 Å². The van der Waals surface area contributed by atoms with E-state index >= 15 is 0 Å². The van der Waals surface area contributed by atoms with E-state index in [9.17, 15) is 14.7 Å². The van der Waals surface area contributed by atoms with Crippen LogP contribution in [0.1, 0.15) is 44.9 Å². The van der Waals surface area contributed by atoms with E-state index < -0.39 is 23.8 Å². The molecule has 0 spiro atoms. The minimum atomic E-state index is -1.43. The first-order valence-electron chi connectivity index (χ1n) is 9.61. The van der Waals surface area contributed by atoms with Crippen molar-refractivity contribution in [3.05, 3.63) is 0 Å². The van der Waals surface area contributed by atoms with Gasteiger partial charge < -0.3 is 38.7 Å². The zero-order valence-electron chi connectivity index (χ0n) is 16.2. The van der Waals surface area contributed by atoms with Crippen molar-refractivity contribution in [3.8, 4) is 0 Å². The van der Waals surface area contributed by atoms with Crippen LogP contribution in [0.25, 0.3) is 0 Å². The number of unbranched alkanes of at least 4 members (excludes halogenated alkanes) is 3. The number of guanidine groups is 1. The fourth-order valence-electron chi connectivity index (χ4n) is 2.54. The summed E-state index contributed by atoms with van der Waals surface area (Å²) in [4.78, 5) is 27.5. The topological polar surface area (TPSA) is 195 Å². The highest BCUT2D eigenvalue weighted by Crippen LogP contribution is 2.14. The normalized spacial score (nSPS) is 13.0. The number of aliphatic imine (C=N–C) groups is 1. The zero-order chi connectivity index (χ0) is 20.5. The van der Waals surface area contributed by atoms with Crippen molar-refractivity contribution in [3.63, 3.8) is 0 Å². The van der Waals surface area contributed by atoms with Crippen molar-refractivity contribution in [1.29, 1.82) is 0 Å². The third-order valence-corrected chi connectivity index (χ3v) is 4.12. The molecule has 11 N–H and O–H groups in total. The molecule has 0 aliphatic heterocycles. The molecule has 0 saturated carbocycles. The van der Waals surface area contributed by atoms with Crippen LogP contribution in [0.5, 0.6) is 0 Å². The standard InChI is InChI=1S/C17H37N7O3/c18-8-6-10-22-9-4-5-11-23-16(27)14(25)13(15(19)26)7-2-1-3-12-24-17(20)21/h13-14,22,25H,1-12,18H2,(H2,19,26)(H,23,27)(H4,20,21,24). The van der Waals surface area contributed by atoms with Crippen LogP contribution in [0.3, 0.4) is 0 Å². The summed E-state index contributed by atoms with van der Waals surface area (Å²) in [6, 6.07) is 0. The summed E-state index contributed by atoms with van der Waals surface area (Å²) in [5.41, 5.74) is 21.2. The number of hydrogen-bond donors (Lipinski definition) is 7. The van der Waals surface area contributed by atoms with Gasteiger partial charge in [0.25, 0.3) is 0 Å². The zero-order valence-corrected chi connectivity index (χ0v) is 16.2. The Bertz CT molecular complexity index is 442. The third kappa shape index (κ3) is 13.9. The smallest absolute Gasteiger partial charge is 0.249 e. The van der Waals surface area contributed by atoms with E-state index in [-0.39, 0.29) is 5.96 Å². The number of primary amides is 1. The molecule has 2 unspecified atom stereocenters. The predicted octanol–water partition coefficient (Wildman–Crippen LogP) is -1.88. The molecule has 0 heterocycles. The van der Waals surface area contributed by atoms with Gasteiger partial charge in [-0.25, -0.2) is 0 Å². The van der Waals surface area contributed by atoms with Gasteiger partial charge in [0.15, 0.2) is 5.96 Å². The number of aliphatic hydroxyl groups is 1. The number of amides is 2. The first-order chi connectivity index (χ1) is 12.9. The molecule has 0 aromatic rings. The number of hydrogen-bond acceptors (Lipinski definition) is 6. The van der Waals surface area contributed by atoms with E-state index in [1.54, 1.807) is 0 Å². The van der Waals surface area contributed by atoms with Gasteiger partial charge in [-0.15, -0.1) is 0 Å². The molecular weight excluding hydrogens is 350 g/mol. The Kier molecular flexibility index (Phi) is 15.1. The largest absolute Gasteiger partial charge is 0.382 e. The van der Waals surface area contributed by atoms with E-state index in [1.165, 1.54) is 0 Å². The Morgan fingerprint density at radius 2 is 1.59 bits per heavy atom. The number of nitrogens with two attached hydrogens (primary N) is 4. The lowest BCUT2D eigenvalue weighted by atomic mass is 9.94. The van der Waals surface area contributed by atoms with Crippen molar-refractivity contribution in [1.82, 2.24) is 10.6 Å². The fraction of sp³-hybridized carbons (Fsp3) is 0.824. The van der Waals surface area contributed by atoms with Crippen LogP contribution in [-0.4, -0.2) is 61.7 Å². The summed E-state index contributed by atoms with van der Waals surface area (Å²) in [5, 5.41) is 16.0. The molecule has 0 radical (unpaired) electrons. The number of carbonyl (C=O) groups is 2. The number of nitrogens with zero attached hydrogens (tertiary/aromatic N) is 1. The Balaban J connectivity index is 4.00. The monoisotopic (exact) mass is 387 g/mol. The predicted molar refractivity (Wildman–Crippen MR) is 107 cm³/mol. The van der Waals surface area contributed by atoms with E-state index in [0.717, 1.165) is 45.2 Å². The van der Waals surface area contributed by atoms with Crippen molar-refractivity contribution in [2.24, 2.45) is 33.8 Å². The molecular formula is C17H37N7O3. The minimum absolute atomic E-state index is 0.0449. The van der Waals surface area contributed by atoms with Gasteiger partial charge in [-0.05, 0) is 51.7 Å². The van der Waals surface area contributed by atoms with Crippen molar-refractivity contribution < 1.29 is 14.7 Å². The molecule has 2 amide bonds. The average Bonchev–Trinajstić information content (AvgIpc) is 2.62. The van der Waals surface area contributed by atoms with E-state index in [2.05, 4.69) is 15.6 Å². The highest BCUT2D eigenvalue weighted by molar-refractivity contribution is 5.88. The molecule has 0 aliphatic carbocycles. The van der Waals surface area contributed by atoms with Crippen LogP contribution >= 0.6 is 0 Å². The second kappa shape index (κ2) is 16.3. The average molecular weight is 388 g/mol. The summed E-state index contributed by atoms with van der Waals surface area (Å²) in [7, 11) is 0. The van der Waals surface area contributed by atoms with Gasteiger partial charge in [0.05, 0.1) is 5.92 Å². The van der Waals surface area contributed by atoms with E-state index in [1.807, 2.05) is 0 Å². The Labute approximate surface area is 161 Å². The molecule has 10 nitrogen and oxygen atoms in total. The second-order valence-corrected chi connectivity index (χ2v) is 6.50. The molecule has 2 atom stereocenters. The van der Waals surface area contributed by atoms with Gasteiger partial charge in [0, 0.05) is 13.1 Å². The highest BCUT2D eigenvalue weighted by Gasteiger charge is 2.29. The van der Waals surface area contributed by atoms with Gasteiger partial charge in [-0.3, -0.25) is 14.6 Å². The molecule has 0 aliphatic rings. The summed E-state index contributed by atoms with van der Waals surface area (Å²) < 4.78 is 0. The molecule has 27 heavy (non-hydrogen) atoms. The summed E-state index contributed by atoms with van der Waals surface area (Å²) >= 11 is 0. The molecule has 0 fully saturated rings. The van der Waals surface area contributed by atoms with Crippen molar-refractivity contribution >= 4 is 17.8 Å². The Morgan fingerprint density at radius 3 is 2.22 bits per heavy atom. The summed E-state index contributed by atoms with van der Waals surface area (Å²) in [6.45, 7) is 3.35. The van der Waals surface area contributed by atoms with Crippen LogP contribution in [0.2, 0.25) is 0 Å². The lowest BCUT2D eigenvalue weighted by molar-refractivity contribution is -0.139. The molecule has 0 aromatic heterocycles. The quantitative estimate of drug-likeness (QED) is 0.0860. The molecule has 158 valence electrons. The van der Waals surface area contributed by atoms with Gasteiger partial charge in [0.1, 0.15) is 6.10 Å². The molecule has 0 aromatic carbocycles. The molecule has 0 saturated heterocycles.